The number of benzene rings is 1. The molecule has 1 fully saturated rings. The highest BCUT2D eigenvalue weighted by Crippen LogP contribution is 2.38. The average Bonchev–Trinajstić information content (AvgIpc) is 3.17. The molecule has 2 atom stereocenters. The first kappa shape index (κ1) is 20.4. The van der Waals surface area contributed by atoms with Gasteiger partial charge in [-0.25, -0.2) is 26.5 Å². The molecule has 0 saturated carbocycles. The summed E-state index contributed by atoms with van der Waals surface area (Å²) < 4.78 is 59.8. The van der Waals surface area contributed by atoms with Crippen molar-refractivity contribution in [3.05, 3.63) is 24.4 Å². The summed E-state index contributed by atoms with van der Waals surface area (Å²) in [6.45, 7) is 2.27. The zero-order chi connectivity index (χ0) is 21.6. The number of amides is 1. The number of hydrogen-bond acceptors (Lipinski definition) is 6. The highest BCUT2D eigenvalue weighted by molar-refractivity contribution is 7.93. The number of carbonyl (C=O) groups excluding carboxylic acids is 1. The molecule has 0 spiro atoms. The Morgan fingerprint density at radius 3 is 2.87 bits per heavy atom. The van der Waals surface area contributed by atoms with E-state index in [9.17, 15) is 22.0 Å². The topological polar surface area (TPSA) is 120 Å². The Morgan fingerprint density at radius 1 is 1.40 bits per heavy atom. The monoisotopic (exact) mass is 441 g/mol. The van der Waals surface area contributed by atoms with Crippen LogP contribution in [0.25, 0.3) is 11.4 Å². The molecular weight excluding hydrogens is 420 g/mol. The Morgan fingerprint density at radius 2 is 2.17 bits per heavy atom. The fourth-order valence-corrected chi connectivity index (χ4v) is 5.34. The molecule has 12 heteroatoms. The fourth-order valence-electron chi connectivity index (χ4n) is 3.62. The van der Waals surface area contributed by atoms with Crippen LogP contribution in [0.4, 0.5) is 20.3 Å². The van der Waals surface area contributed by atoms with E-state index in [4.69, 9.17) is 10.5 Å². The van der Waals surface area contributed by atoms with Gasteiger partial charge in [0.25, 0.3) is 6.43 Å². The van der Waals surface area contributed by atoms with Crippen LogP contribution < -0.4 is 20.1 Å². The van der Waals surface area contributed by atoms with Crippen LogP contribution in [0.2, 0.25) is 0 Å². The number of carbonyl (C=O) groups is 1. The summed E-state index contributed by atoms with van der Waals surface area (Å²) in [7, 11) is -3.86. The van der Waals surface area contributed by atoms with Gasteiger partial charge in [-0.15, -0.1) is 0 Å². The second-order valence-corrected chi connectivity index (χ2v) is 9.21. The van der Waals surface area contributed by atoms with Gasteiger partial charge in [0.1, 0.15) is 30.3 Å². The lowest BCUT2D eigenvalue weighted by Gasteiger charge is -2.22. The molecule has 0 aliphatic carbocycles. The number of sulfonamides is 1. The molecule has 3 heterocycles. The van der Waals surface area contributed by atoms with Gasteiger partial charge in [0.05, 0.1) is 17.9 Å². The minimum atomic E-state index is -3.86. The Kier molecular flexibility index (Phi) is 5.04. The molecule has 1 unspecified atom stereocenters. The maximum atomic E-state index is 13.4. The summed E-state index contributed by atoms with van der Waals surface area (Å²) in [5.41, 5.74) is 6.47. The van der Waals surface area contributed by atoms with Crippen LogP contribution in [-0.4, -0.2) is 54.7 Å². The summed E-state index contributed by atoms with van der Waals surface area (Å²) in [6.07, 6.45) is -1.48. The Balaban J connectivity index is 1.72. The van der Waals surface area contributed by atoms with Crippen LogP contribution in [0, 0.1) is 0 Å². The standard InChI is InChI=1S/C18H21F2N5O4S/c1-10(17(21)26)22-11-2-3-12-14(8-11)29-6-5-24-9-15(23-18(12)24)25-13(16(19)20)4-7-30(25,27)28/h2-3,8-10,13,16,22H,4-7H2,1H3,(H2,21,26)/t10-,13?/m0/s1. The smallest absolute Gasteiger partial charge is 0.259 e. The number of nitrogens with two attached hydrogens (primary N) is 1. The third kappa shape index (κ3) is 3.55. The maximum absolute atomic E-state index is 13.4. The van der Waals surface area contributed by atoms with Gasteiger partial charge < -0.3 is 20.4 Å². The van der Waals surface area contributed by atoms with Crippen LogP contribution in [-0.2, 0) is 21.4 Å². The van der Waals surface area contributed by atoms with E-state index in [2.05, 4.69) is 10.3 Å². The van der Waals surface area contributed by atoms with Crippen LogP contribution in [0.3, 0.4) is 0 Å². The van der Waals surface area contributed by atoms with Gasteiger partial charge in [-0.3, -0.25) is 4.79 Å². The van der Waals surface area contributed by atoms with Crippen molar-refractivity contribution in [3.63, 3.8) is 0 Å². The van der Waals surface area contributed by atoms with Crippen molar-refractivity contribution >= 4 is 27.4 Å². The minimum absolute atomic E-state index is 0.0230. The minimum Gasteiger partial charge on any atom is -0.491 e. The van der Waals surface area contributed by atoms with Crippen molar-refractivity contribution in [2.45, 2.75) is 38.4 Å². The van der Waals surface area contributed by atoms with Gasteiger partial charge in [-0.1, -0.05) is 0 Å². The van der Waals surface area contributed by atoms with E-state index in [0.717, 1.165) is 4.31 Å². The molecular formula is C18H21F2N5O4S. The predicted molar refractivity (Wildman–Crippen MR) is 106 cm³/mol. The number of ether oxygens (including phenoxy) is 1. The number of rotatable bonds is 5. The molecule has 2 aromatic rings. The lowest BCUT2D eigenvalue weighted by molar-refractivity contribution is -0.118. The number of primary amides is 1. The van der Waals surface area contributed by atoms with Crippen molar-refractivity contribution < 1.29 is 26.7 Å². The predicted octanol–water partition coefficient (Wildman–Crippen LogP) is 1.40. The number of hydrogen-bond donors (Lipinski definition) is 2. The average molecular weight is 441 g/mol. The van der Waals surface area contributed by atoms with Gasteiger partial charge in [-0.05, 0) is 25.5 Å². The van der Waals surface area contributed by atoms with Crippen LogP contribution in [0.1, 0.15) is 13.3 Å². The zero-order valence-electron chi connectivity index (χ0n) is 16.1. The van der Waals surface area contributed by atoms with Gasteiger partial charge in [-0.2, -0.15) is 0 Å². The van der Waals surface area contributed by atoms with Gasteiger partial charge in [0, 0.05) is 18.0 Å². The van der Waals surface area contributed by atoms with E-state index >= 15 is 0 Å². The van der Waals surface area contributed by atoms with E-state index in [-0.39, 0.29) is 24.6 Å². The van der Waals surface area contributed by atoms with Crippen LogP contribution in [0.15, 0.2) is 24.4 Å². The summed E-state index contributed by atoms with van der Waals surface area (Å²) in [6, 6.07) is 3.09. The highest BCUT2D eigenvalue weighted by atomic mass is 32.2. The summed E-state index contributed by atoms with van der Waals surface area (Å²) in [4.78, 5) is 15.7. The number of alkyl halides is 2. The normalized spacial score (nSPS) is 20.8. The molecule has 0 radical (unpaired) electrons. The van der Waals surface area contributed by atoms with E-state index in [0.29, 0.717) is 29.4 Å². The zero-order valence-corrected chi connectivity index (χ0v) is 16.9. The summed E-state index contributed by atoms with van der Waals surface area (Å²) in [5, 5.41) is 2.96. The number of aromatic nitrogens is 2. The molecule has 1 saturated heterocycles. The van der Waals surface area contributed by atoms with E-state index in [1.165, 1.54) is 6.20 Å². The quantitative estimate of drug-likeness (QED) is 0.724. The number of anilines is 2. The van der Waals surface area contributed by atoms with Gasteiger partial charge in [0.15, 0.2) is 5.82 Å². The third-order valence-corrected chi connectivity index (χ3v) is 6.98. The second-order valence-electron chi connectivity index (χ2n) is 7.25. The highest BCUT2D eigenvalue weighted by Gasteiger charge is 2.44. The molecule has 1 aromatic heterocycles. The Hall–Kier alpha value is -2.89. The number of nitrogens with zero attached hydrogens (tertiary/aromatic N) is 3. The van der Waals surface area contributed by atoms with Crippen molar-refractivity contribution in [3.8, 4) is 17.1 Å². The second kappa shape index (κ2) is 7.42. The van der Waals surface area contributed by atoms with Crippen molar-refractivity contribution in [2.75, 3.05) is 22.0 Å². The van der Waals surface area contributed by atoms with E-state index < -0.39 is 34.4 Å². The van der Waals surface area contributed by atoms with Crippen molar-refractivity contribution in [2.24, 2.45) is 5.73 Å². The Bertz CT molecular complexity index is 1090. The lowest BCUT2D eigenvalue weighted by atomic mass is 10.1. The molecule has 3 N–H and O–H groups in total. The first-order valence-electron chi connectivity index (χ1n) is 9.38. The van der Waals surface area contributed by atoms with Crippen molar-refractivity contribution in [1.82, 2.24) is 9.55 Å². The van der Waals surface area contributed by atoms with Crippen LogP contribution >= 0.6 is 0 Å². The summed E-state index contributed by atoms with van der Waals surface area (Å²) >= 11 is 0. The SMILES string of the molecule is C[C@H](Nc1ccc2c(c1)OCCn1cc(N3C(C(F)F)CCS3(=O)=O)nc1-2)C(N)=O. The molecule has 162 valence electrons. The maximum Gasteiger partial charge on any atom is 0.259 e. The number of halogens is 2. The van der Waals surface area contributed by atoms with Crippen LogP contribution in [0.5, 0.6) is 5.75 Å². The molecule has 1 aromatic carbocycles. The largest absolute Gasteiger partial charge is 0.491 e. The molecule has 2 aliphatic rings. The number of imidazole rings is 1. The molecule has 0 bridgehead atoms. The van der Waals surface area contributed by atoms with Gasteiger partial charge in [0.2, 0.25) is 15.9 Å². The van der Waals surface area contributed by atoms with Gasteiger partial charge >= 0.3 is 0 Å². The molecule has 1 amide bonds. The first-order chi connectivity index (χ1) is 14.2. The molecule has 4 rings (SSSR count). The van der Waals surface area contributed by atoms with Crippen molar-refractivity contribution in [1.29, 1.82) is 0 Å². The third-order valence-electron chi connectivity index (χ3n) is 5.18. The number of fused-ring (bicyclic) bond motifs is 3. The molecule has 2 aliphatic heterocycles. The molecule has 9 nitrogen and oxygen atoms in total. The fraction of sp³-hybridized carbons (Fsp3) is 0.444. The van der Waals surface area contributed by atoms with E-state index in [1.54, 1.807) is 29.7 Å². The lowest BCUT2D eigenvalue weighted by Crippen LogP contribution is -2.38. The number of nitrogens with one attached hydrogen (secondary N) is 1. The first-order valence-corrected chi connectivity index (χ1v) is 11.0. The molecule has 30 heavy (non-hydrogen) atoms. The Labute approximate surface area is 171 Å². The van der Waals surface area contributed by atoms with E-state index in [1.807, 2.05) is 0 Å². The summed E-state index contributed by atoms with van der Waals surface area (Å²) in [5.74, 6) is 0.0257.